The predicted molar refractivity (Wildman–Crippen MR) is 117 cm³/mol. The van der Waals surface area contributed by atoms with Crippen LogP contribution in [0.4, 0.5) is 0 Å². The van der Waals surface area contributed by atoms with E-state index in [2.05, 4.69) is 9.97 Å². The molecule has 0 radical (unpaired) electrons. The molecule has 1 aromatic heterocycles. The molecule has 0 amide bonds. The average molecular weight is 407 g/mol. The van der Waals surface area contributed by atoms with E-state index in [1.165, 1.54) is 0 Å². The Balaban J connectivity index is 1.66. The Morgan fingerprint density at radius 1 is 0.857 bits per heavy atom. The highest BCUT2D eigenvalue weighted by molar-refractivity contribution is 6.36. The molecule has 3 nitrogen and oxygen atoms in total. The quantitative estimate of drug-likeness (QED) is 0.386. The number of aromatic hydroxyl groups is 1. The topological polar surface area (TPSA) is 48.9 Å². The highest BCUT2D eigenvalue weighted by atomic mass is 35.5. The Kier molecular flexibility index (Phi) is 5.20. The number of phenols is 1. The molecule has 0 spiro atoms. The lowest BCUT2D eigenvalue weighted by atomic mass is 9.99. The maximum absolute atomic E-state index is 9.90. The van der Waals surface area contributed by atoms with E-state index in [9.17, 15) is 5.11 Å². The molecule has 2 N–H and O–H groups in total. The fourth-order valence-corrected chi connectivity index (χ4v) is 3.51. The van der Waals surface area contributed by atoms with E-state index in [-0.39, 0.29) is 5.75 Å². The number of aromatic amines is 1. The van der Waals surface area contributed by atoms with Crippen LogP contribution in [0.1, 0.15) is 11.4 Å². The zero-order valence-corrected chi connectivity index (χ0v) is 16.2. The van der Waals surface area contributed by atoms with Crippen molar-refractivity contribution < 1.29 is 5.11 Å². The van der Waals surface area contributed by atoms with Crippen molar-refractivity contribution in [3.8, 4) is 28.1 Å². The summed E-state index contributed by atoms with van der Waals surface area (Å²) in [6.07, 6.45) is 5.53. The number of hydrogen-bond donors (Lipinski definition) is 2. The molecule has 4 rings (SSSR count). The first-order chi connectivity index (χ1) is 13.6. The van der Waals surface area contributed by atoms with Crippen LogP contribution in [0.15, 0.2) is 72.9 Å². The first-order valence-corrected chi connectivity index (χ1v) is 9.43. The van der Waals surface area contributed by atoms with E-state index >= 15 is 0 Å². The molecule has 0 saturated heterocycles. The molecule has 0 fully saturated rings. The normalized spacial score (nSPS) is 11.2. The number of nitrogens with zero attached hydrogens (tertiary/aromatic N) is 1. The van der Waals surface area contributed by atoms with E-state index in [0.29, 0.717) is 15.9 Å². The number of rotatable bonds is 4. The van der Waals surface area contributed by atoms with Gasteiger partial charge < -0.3 is 10.1 Å². The van der Waals surface area contributed by atoms with Gasteiger partial charge in [-0.2, -0.15) is 0 Å². The third kappa shape index (κ3) is 3.96. The molecule has 0 aliphatic heterocycles. The lowest BCUT2D eigenvalue weighted by Crippen LogP contribution is -1.84. The summed E-state index contributed by atoms with van der Waals surface area (Å²) < 4.78 is 0. The monoisotopic (exact) mass is 406 g/mol. The van der Waals surface area contributed by atoms with E-state index < -0.39 is 0 Å². The van der Waals surface area contributed by atoms with Gasteiger partial charge in [-0.05, 0) is 53.1 Å². The summed E-state index contributed by atoms with van der Waals surface area (Å²) >= 11 is 12.2. The summed E-state index contributed by atoms with van der Waals surface area (Å²) in [6.45, 7) is 0. The van der Waals surface area contributed by atoms with E-state index in [0.717, 1.165) is 27.9 Å². The predicted octanol–water partition coefficient (Wildman–Crippen LogP) is 6.93. The first kappa shape index (κ1) is 18.4. The minimum atomic E-state index is 0.215. The summed E-state index contributed by atoms with van der Waals surface area (Å²) in [7, 11) is 0. The molecule has 0 atom stereocenters. The molecule has 0 bridgehead atoms. The van der Waals surface area contributed by atoms with Crippen molar-refractivity contribution in [1.82, 2.24) is 9.97 Å². The van der Waals surface area contributed by atoms with Gasteiger partial charge in [0.25, 0.3) is 0 Å². The van der Waals surface area contributed by atoms with Crippen LogP contribution in [0.2, 0.25) is 10.0 Å². The van der Waals surface area contributed by atoms with Crippen molar-refractivity contribution in [3.05, 3.63) is 94.4 Å². The van der Waals surface area contributed by atoms with Gasteiger partial charge >= 0.3 is 0 Å². The molecule has 0 aliphatic rings. The summed E-state index contributed by atoms with van der Waals surface area (Å²) in [5.41, 5.74) is 4.65. The van der Waals surface area contributed by atoms with Gasteiger partial charge in [0.15, 0.2) is 0 Å². The van der Waals surface area contributed by atoms with Crippen molar-refractivity contribution in [2.45, 2.75) is 0 Å². The third-order valence-electron chi connectivity index (χ3n) is 4.36. The summed E-state index contributed by atoms with van der Waals surface area (Å²) in [4.78, 5) is 7.65. The van der Waals surface area contributed by atoms with E-state index in [1.54, 1.807) is 30.5 Å². The number of imidazole rings is 1. The molecule has 0 saturated carbocycles. The number of benzene rings is 3. The van der Waals surface area contributed by atoms with E-state index in [4.69, 9.17) is 23.2 Å². The molecule has 4 aromatic rings. The Bertz CT molecular complexity index is 1150. The van der Waals surface area contributed by atoms with Crippen LogP contribution in [-0.4, -0.2) is 15.1 Å². The van der Waals surface area contributed by atoms with Crippen LogP contribution >= 0.6 is 23.2 Å². The molecule has 138 valence electrons. The maximum atomic E-state index is 9.90. The largest absolute Gasteiger partial charge is 0.508 e. The summed E-state index contributed by atoms with van der Waals surface area (Å²) in [5.74, 6) is 0.899. The van der Waals surface area contributed by atoms with Gasteiger partial charge in [0.1, 0.15) is 11.6 Å². The van der Waals surface area contributed by atoms with Gasteiger partial charge in [0.05, 0.1) is 16.9 Å². The molecule has 1 heterocycles. The Hall–Kier alpha value is -3.01. The lowest BCUT2D eigenvalue weighted by molar-refractivity contribution is 0.475. The number of halogens is 2. The van der Waals surface area contributed by atoms with Crippen LogP contribution in [-0.2, 0) is 0 Å². The minimum Gasteiger partial charge on any atom is -0.508 e. The van der Waals surface area contributed by atoms with Crippen LogP contribution < -0.4 is 0 Å². The lowest BCUT2D eigenvalue weighted by Gasteiger charge is -2.07. The van der Waals surface area contributed by atoms with Crippen LogP contribution in [0.3, 0.4) is 0 Å². The summed E-state index contributed by atoms with van der Waals surface area (Å²) in [5, 5.41) is 11.1. The second kappa shape index (κ2) is 7.93. The van der Waals surface area contributed by atoms with Gasteiger partial charge in [-0.1, -0.05) is 65.7 Å². The van der Waals surface area contributed by atoms with Crippen molar-refractivity contribution in [2.24, 2.45) is 0 Å². The molecular formula is C23H16Cl2N2O. The molecule has 5 heteroatoms. The average Bonchev–Trinajstić information content (AvgIpc) is 3.16. The molecule has 0 aliphatic carbocycles. The minimum absolute atomic E-state index is 0.215. The standard InChI is InChI=1S/C23H16Cl2N2O/c24-17-7-9-20(21(25)13-17)22-14-26-23(27-22)11-6-16-12-18(28)8-10-19(16)15-4-2-1-3-5-15/h1-14,28H,(H,26,27). The Morgan fingerprint density at radius 2 is 1.64 bits per heavy atom. The van der Waals surface area contributed by atoms with Crippen molar-refractivity contribution >= 4 is 35.4 Å². The smallest absolute Gasteiger partial charge is 0.130 e. The third-order valence-corrected chi connectivity index (χ3v) is 4.91. The van der Waals surface area contributed by atoms with Gasteiger partial charge in [0.2, 0.25) is 0 Å². The van der Waals surface area contributed by atoms with Crippen LogP contribution in [0.5, 0.6) is 5.75 Å². The van der Waals surface area contributed by atoms with Gasteiger partial charge in [-0.25, -0.2) is 4.98 Å². The number of hydrogen-bond acceptors (Lipinski definition) is 2. The van der Waals surface area contributed by atoms with E-state index in [1.807, 2.05) is 54.6 Å². The van der Waals surface area contributed by atoms with Crippen molar-refractivity contribution in [2.75, 3.05) is 0 Å². The van der Waals surface area contributed by atoms with Crippen LogP contribution in [0.25, 0.3) is 34.5 Å². The second-order valence-corrected chi connectivity index (χ2v) is 7.12. The highest BCUT2D eigenvalue weighted by Gasteiger charge is 2.08. The van der Waals surface area contributed by atoms with Crippen LogP contribution in [0, 0.1) is 0 Å². The fraction of sp³-hybridized carbons (Fsp3) is 0. The van der Waals surface area contributed by atoms with Gasteiger partial charge in [-0.15, -0.1) is 0 Å². The van der Waals surface area contributed by atoms with Crippen molar-refractivity contribution in [3.63, 3.8) is 0 Å². The molecule has 0 unspecified atom stereocenters. The van der Waals surface area contributed by atoms with Crippen molar-refractivity contribution in [1.29, 1.82) is 0 Å². The maximum Gasteiger partial charge on any atom is 0.130 e. The molecular weight excluding hydrogens is 391 g/mol. The zero-order valence-electron chi connectivity index (χ0n) is 14.7. The Morgan fingerprint density at radius 3 is 2.43 bits per heavy atom. The molecule has 3 aromatic carbocycles. The Labute approximate surface area is 172 Å². The number of nitrogens with one attached hydrogen (secondary N) is 1. The van der Waals surface area contributed by atoms with Gasteiger partial charge in [0, 0.05) is 10.6 Å². The number of aromatic nitrogens is 2. The fourth-order valence-electron chi connectivity index (χ4n) is 3.00. The highest BCUT2D eigenvalue weighted by Crippen LogP contribution is 2.30. The second-order valence-electron chi connectivity index (χ2n) is 6.28. The van der Waals surface area contributed by atoms with Gasteiger partial charge in [-0.3, -0.25) is 0 Å². The first-order valence-electron chi connectivity index (χ1n) is 8.67. The summed E-state index contributed by atoms with van der Waals surface area (Å²) in [6, 6.07) is 20.7. The zero-order chi connectivity index (χ0) is 19.5. The number of phenolic OH excluding ortho intramolecular Hbond substituents is 1. The molecule has 28 heavy (non-hydrogen) atoms. The number of H-pyrrole nitrogens is 1. The SMILES string of the molecule is Oc1ccc(-c2ccccc2)c(C=Cc2ncc(-c3ccc(Cl)cc3Cl)[nH]2)c1.